The van der Waals surface area contributed by atoms with E-state index in [1.165, 1.54) is 53.9 Å². The predicted molar refractivity (Wildman–Crippen MR) is 74.4 cm³/mol. The van der Waals surface area contributed by atoms with Crippen molar-refractivity contribution in [3.8, 4) is 0 Å². The second-order valence-electron chi connectivity index (χ2n) is 3.59. The van der Waals surface area contributed by atoms with Crippen LogP contribution in [0.3, 0.4) is 0 Å². The summed E-state index contributed by atoms with van der Waals surface area (Å²) in [5.74, 6) is 1.15. The number of hydrogen-bond donors (Lipinski definition) is 0. The summed E-state index contributed by atoms with van der Waals surface area (Å²) in [6.07, 6.45) is 10.2. The first kappa shape index (κ1) is 19.6. The SMILES string of the molecule is CCCC1CC1.CCCC[PH4].Cl.Cl. The van der Waals surface area contributed by atoms with Gasteiger partial charge in [-0.25, -0.2) is 0 Å². The molecule has 0 spiro atoms. The van der Waals surface area contributed by atoms with E-state index < -0.39 is 0 Å². The van der Waals surface area contributed by atoms with Gasteiger partial charge in [-0.2, -0.15) is 0 Å². The van der Waals surface area contributed by atoms with Gasteiger partial charge >= 0.3 is 35.2 Å². The van der Waals surface area contributed by atoms with Crippen molar-refractivity contribution < 1.29 is 0 Å². The minimum Gasteiger partial charge on any atom is -0.147 e. The van der Waals surface area contributed by atoms with Crippen molar-refractivity contribution in [3.63, 3.8) is 0 Å². The first-order valence-electron chi connectivity index (χ1n) is 5.35. The Labute approximate surface area is 98.7 Å². The van der Waals surface area contributed by atoms with Crippen LogP contribution in [-0.4, -0.2) is 6.16 Å². The Morgan fingerprint density at radius 2 is 1.62 bits per heavy atom. The van der Waals surface area contributed by atoms with Crippen LogP contribution < -0.4 is 0 Å². The van der Waals surface area contributed by atoms with Gasteiger partial charge in [0.2, 0.25) is 0 Å². The van der Waals surface area contributed by atoms with Gasteiger partial charge in [0.25, 0.3) is 0 Å². The van der Waals surface area contributed by atoms with Gasteiger partial charge in [0, 0.05) is 0 Å². The zero-order valence-electron chi connectivity index (χ0n) is 9.34. The van der Waals surface area contributed by atoms with Crippen molar-refractivity contribution >= 4 is 34.1 Å². The monoisotopic (exact) mass is 248 g/mol. The summed E-state index contributed by atoms with van der Waals surface area (Å²) in [6.45, 7) is 4.50. The van der Waals surface area contributed by atoms with Gasteiger partial charge < -0.3 is 0 Å². The molecule has 86 valence electrons. The van der Waals surface area contributed by atoms with Crippen molar-refractivity contribution in [2.24, 2.45) is 5.92 Å². The molecule has 0 unspecified atom stereocenters. The molecule has 0 aromatic heterocycles. The molecule has 13 heavy (non-hydrogen) atoms. The Hall–Kier alpha value is 1.01. The van der Waals surface area contributed by atoms with E-state index in [2.05, 4.69) is 13.8 Å². The molecule has 0 radical (unpaired) electrons. The molecule has 0 aromatic rings. The zero-order chi connectivity index (χ0) is 8.53. The molecule has 0 nitrogen and oxygen atoms in total. The van der Waals surface area contributed by atoms with Crippen LogP contribution in [0.15, 0.2) is 0 Å². The third-order valence-corrected chi connectivity index (χ3v) is 2.81. The number of halogens is 2. The van der Waals surface area contributed by atoms with Crippen molar-refractivity contribution in [1.82, 2.24) is 0 Å². The van der Waals surface area contributed by atoms with E-state index in [1.807, 2.05) is 0 Å². The third kappa shape index (κ3) is 19.4. The van der Waals surface area contributed by atoms with Crippen LogP contribution in [0.5, 0.6) is 0 Å². The van der Waals surface area contributed by atoms with Crippen molar-refractivity contribution in [2.45, 2.75) is 52.4 Å². The van der Waals surface area contributed by atoms with E-state index >= 15 is 0 Å². The van der Waals surface area contributed by atoms with Gasteiger partial charge in [-0.3, -0.25) is 0 Å². The minimum absolute atomic E-state index is 0. The van der Waals surface area contributed by atoms with Crippen molar-refractivity contribution in [2.75, 3.05) is 6.16 Å². The van der Waals surface area contributed by atoms with Crippen LogP contribution in [0.2, 0.25) is 0 Å². The molecule has 1 aliphatic rings. The van der Waals surface area contributed by atoms with E-state index in [9.17, 15) is 0 Å². The molecule has 1 rings (SSSR count). The fraction of sp³-hybridized carbons (Fsp3) is 1.00. The number of rotatable bonds is 4. The molecule has 0 heterocycles. The molecule has 0 amide bonds. The summed E-state index contributed by atoms with van der Waals surface area (Å²) >= 11 is 0. The normalized spacial score (nSPS) is 13.2. The first-order chi connectivity index (χ1) is 5.35. The average molecular weight is 249 g/mol. The fourth-order valence-electron chi connectivity index (χ4n) is 1.17. The molecule has 0 aromatic carbocycles. The fourth-order valence-corrected chi connectivity index (χ4v) is 1.88. The van der Waals surface area contributed by atoms with Crippen LogP contribution >= 0.6 is 34.1 Å². The number of unbranched alkanes of at least 4 members (excludes halogenated alkanes) is 1. The standard InChI is InChI=1S/C6H12.C4H13P.2ClH/c1-2-3-6-4-5-6;1-2-3-4-5;;/h6H,2-5H2,1H3;2-4H2,1H3,5H4;2*1H. The van der Waals surface area contributed by atoms with Crippen LogP contribution in [0.25, 0.3) is 0 Å². The summed E-state index contributed by atoms with van der Waals surface area (Å²) in [4.78, 5) is 0. The molecular formula is C10H27Cl2P. The van der Waals surface area contributed by atoms with Gasteiger partial charge in [0.05, 0.1) is 0 Å². The summed E-state index contributed by atoms with van der Waals surface area (Å²) < 4.78 is 0. The molecule has 0 aliphatic heterocycles. The van der Waals surface area contributed by atoms with Crippen molar-refractivity contribution in [3.05, 3.63) is 0 Å². The molecule has 0 bridgehead atoms. The Morgan fingerprint density at radius 1 is 1.08 bits per heavy atom. The van der Waals surface area contributed by atoms with Crippen molar-refractivity contribution in [1.29, 1.82) is 0 Å². The maximum atomic E-state index is 2.26. The maximum absolute atomic E-state index is 2.26. The molecule has 0 N–H and O–H groups in total. The summed E-state index contributed by atoms with van der Waals surface area (Å²) in [7, 11) is 1.40. The molecule has 1 aliphatic carbocycles. The topological polar surface area (TPSA) is 0 Å². The molecule has 0 atom stereocenters. The van der Waals surface area contributed by atoms with Crippen LogP contribution in [0.4, 0.5) is 0 Å². The zero-order valence-corrected chi connectivity index (χ0v) is 13.0. The Balaban J connectivity index is -0.000000136. The van der Waals surface area contributed by atoms with E-state index in [4.69, 9.17) is 0 Å². The Bertz CT molecular complexity index is 73.3. The molecule has 3 heteroatoms. The van der Waals surface area contributed by atoms with E-state index in [-0.39, 0.29) is 24.8 Å². The molecule has 1 fully saturated rings. The summed E-state index contributed by atoms with van der Waals surface area (Å²) in [5.41, 5.74) is 0. The maximum Gasteiger partial charge on any atom is -0.147 e. The van der Waals surface area contributed by atoms with Crippen LogP contribution in [0.1, 0.15) is 52.4 Å². The van der Waals surface area contributed by atoms with Crippen LogP contribution in [0, 0.1) is 5.92 Å². The summed E-state index contributed by atoms with van der Waals surface area (Å²) in [6, 6.07) is 0. The quantitative estimate of drug-likeness (QED) is 0.656. The summed E-state index contributed by atoms with van der Waals surface area (Å²) in [5, 5.41) is 0. The Morgan fingerprint density at radius 3 is 1.69 bits per heavy atom. The van der Waals surface area contributed by atoms with Gasteiger partial charge in [0.15, 0.2) is 0 Å². The predicted octanol–water partition coefficient (Wildman–Crippen LogP) is 4.17. The minimum atomic E-state index is 0. The van der Waals surface area contributed by atoms with E-state index in [0.717, 1.165) is 5.92 Å². The van der Waals surface area contributed by atoms with Gasteiger partial charge in [-0.05, 0) is 5.92 Å². The van der Waals surface area contributed by atoms with Gasteiger partial charge in [-0.1, -0.05) is 32.6 Å². The molecular weight excluding hydrogens is 222 g/mol. The molecule has 1 saturated carbocycles. The second-order valence-corrected chi connectivity index (χ2v) is 4.59. The second kappa shape index (κ2) is 15.5. The van der Waals surface area contributed by atoms with E-state index in [1.54, 1.807) is 0 Å². The smallest absolute Gasteiger partial charge is 0.147 e. The largest absolute Gasteiger partial charge is 0.147 e. The number of hydrogen-bond acceptors (Lipinski definition) is 0. The third-order valence-electron chi connectivity index (χ3n) is 2.10. The van der Waals surface area contributed by atoms with Gasteiger partial charge in [0.1, 0.15) is 0 Å². The Kier molecular flexibility index (Phi) is 23.3. The van der Waals surface area contributed by atoms with Gasteiger partial charge in [-0.15, -0.1) is 24.8 Å². The van der Waals surface area contributed by atoms with Crippen LogP contribution in [-0.2, 0) is 0 Å². The van der Waals surface area contributed by atoms with E-state index in [0.29, 0.717) is 0 Å². The molecule has 0 saturated heterocycles. The first-order valence-corrected chi connectivity index (χ1v) is 6.76. The average Bonchev–Trinajstić information content (AvgIpc) is 2.76.